The SMILES string of the molecule is CCOC(=O)CSC(C)c1nc2sc3c(c2c(=O)[nH]1)CCC(C)C3. The lowest BCUT2D eigenvalue weighted by atomic mass is 9.89. The van der Waals surface area contributed by atoms with E-state index < -0.39 is 0 Å². The Labute approximate surface area is 149 Å². The second-order valence-electron chi connectivity index (χ2n) is 6.24. The highest BCUT2D eigenvalue weighted by Gasteiger charge is 2.24. The summed E-state index contributed by atoms with van der Waals surface area (Å²) in [4.78, 5) is 33.8. The fourth-order valence-corrected chi connectivity index (χ4v) is 5.16. The van der Waals surface area contributed by atoms with E-state index in [0.29, 0.717) is 18.3 Å². The second-order valence-corrected chi connectivity index (χ2v) is 8.65. The molecule has 7 heteroatoms. The number of aromatic amines is 1. The highest BCUT2D eigenvalue weighted by Crippen LogP contribution is 2.36. The maximum absolute atomic E-state index is 12.6. The number of aryl methyl sites for hydroxylation is 1. The average Bonchev–Trinajstić information content (AvgIpc) is 2.90. The molecule has 0 saturated carbocycles. The van der Waals surface area contributed by atoms with Crippen molar-refractivity contribution in [3.63, 3.8) is 0 Å². The van der Waals surface area contributed by atoms with Crippen LogP contribution in [0.2, 0.25) is 0 Å². The molecule has 130 valence electrons. The zero-order valence-electron chi connectivity index (χ0n) is 14.2. The van der Waals surface area contributed by atoms with Crippen LogP contribution in [0.25, 0.3) is 10.2 Å². The van der Waals surface area contributed by atoms with Crippen LogP contribution in [0.4, 0.5) is 0 Å². The number of fused-ring (bicyclic) bond motifs is 3. The monoisotopic (exact) mass is 366 g/mol. The molecular weight excluding hydrogens is 344 g/mol. The van der Waals surface area contributed by atoms with Crippen LogP contribution in [0.3, 0.4) is 0 Å². The van der Waals surface area contributed by atoms with Crippen LogP contribution in [0.5, 0.6) is 0 Å². The number of thiophene rings is 1. The number of carbonyl (C=O) groups is 1. The first-order valence-electron chi connectivity index (χ1n) is 8.31. The van der Waals surface area contributed by atoms with Gasteiger partial charge in [-0.15, -0.1) is 23.1 Å². The predicted molar refractivity (Wildman–Crippen MR) is 98.9 cm³/mol. The molecule has 5 nitrogen and oxygen atoms in total. The van der Waals surface area contributed by atoms with Crippen LogP contribution in [0, 0.1) is 5.92 Å². The summed E-state index contributed by atoms with van der Waals surface area (Å²) in [6, 6.07) is 0. The van der Waals surface area contributed by atoms with E-state index >= 15 is 0 Å². The maximum atomic E-state index is 12.6. The first kappa shape index (κ1) is 17.5. The van der Waals surface area contributed by atoms with E-state index in [0.717, 1.165) is 29.5 Å². The van der Waals surface area contributed by atoms with Gasteiger partial charge in [-0.25, -0.2) is 4.98 Å². The van der Waals surface area contributed by atoms with Gasteiger partial charge in [-0.3, -0.25) is 9.59 Å². The third-order valence-electron chi connectivity index (χ3n) is 4.33. The molecule has 0 fully saturated rings. The first-order valence-corrected chi connectivity index (χ1v) is 10.2. The van der Waals surface area contributed by atoms with E-state index in [2.05, 4.69) is 16.9 Å². The van der Waals surface area contributed by atoms with Gasteiger partial charge in [-0.2, -0.15) is 0 Å². The van der Waals surface area contributed by atoms with Crippen LogP contribution >= 0.6 is 23.1 Å². The summed E-state index contributed by atoms with van der Waals surface area (Å²) in [7, 11) is 0. The lowest BCUT2D eigenvalue weighted by molar-refractivity contribution is -0.139. The van der Waals surface area contributed by atoms with Crippen LogP contribution in [-0.4, -0.2) is 28.3 Å². The molecular formula is C17H22N2O3S2. The highest BCUT2D eigenvalue weighted by atomic mass is 32.2. The second kappa shape index (κ2) is 7.27. The molecule has 0 amide bonds. The number of carbonyl (C=O) groups excluding carboxylic acids is 1. The largest absolute Gasteiger partial charge is 0.465 e. The van der Waals surface area contributed by atoms with Crippen LogP contribution < -0.4 is 5.56 Å². The van der Waals surface area contributed by atoms with Crippen molar-refractivity contribution >= 4 is 39.3 Å². The highest BCUT2D eigenvalue weighted by molar-refractivity contribution is 8.00. The number of thioether (sulfide) groups is 1. The molecule has 0 bridgehead atoms. The first-order chi connectivity index (χ1) is 11.5. The number of ether oxygens (including phenoxy) is 1. The van der Waals surface area contributed by atoms with Crippen LogP contribution in [-0.2, 0) is 22.4 Å². The number of aromatic nitrogens is 2. The third kappa shape index (κ3) is 3.52. The topological polar surface area (TPSA) is 72.0 Å². The molecule has 1 aliphatic rings. The van der Waals surface area contributed by atoms with E-state index in [1.807, 2.05) is 6.92 Å². The van der Waals surface area contributed by atoms with Gasteiger partial charge in [0.05, 0.1) is 23.0 Å². The average molecular weight is 367 g/mol. The molecule has 1 N–H and O–H groups in total. The van der Waals surface area contributed by atoms with Crippen molar-refractivity contribution in [2.24, 2.45) is 5.92 Å². The number of hydrogen-bond acceptors (Lipinski definition) is 6. The Morgan fingerprint density at radius 2 is 2.33 bits per heavy atom. The van der Waals surface area contributed by atoms with Crippen molar-refractivity contribution in [2.75, 3.05) is 12.4 Å². The summed E-state index contributed by atoms with van der Waals surface area (Å²) in [5.41, 5.74) is 1.14. The number of nitrogens with zero attached hydrogens (tertiary/aromatic N) is 1. The lowest BCUT2D eigenvalue weighted by Crippen LogP contribution is -2.16. The van der Waals surface area contributed by atoms with Gasteiger partial charge in [0.25, 0.3) is 5.56 Å². The van der Waals surface area contributed by atoms with Crippen molar-refractivity contribution in [1.82, 2.24) is 9.97 Å². The fraction of sp³-hybridized carbons (Fsp3) is 0.588. The van der Waals surface area contributed by atoms with Gasteiger partial charge < -0.3 is 9.72 Å². The Bertz CT molecular complexity index is 812. The molecule has 0 saturated heterocycles. The molecule has 0 radical (unpaired) electrons. The minimum Gasteiger partial charge on any atom is -0.465 e. The van der Waals surface area contributed by atoms with Gasteiger partial charge in [0.15, 0.2) is 0 Å². The quantitative estimate of drug-likeness (QED) is 0.821. The molecule has 3 rings (SSSR count). The fourth-order valence-electron chi connectivity index (χ4n) is 3.03. The summed E-state index contributed by atoms with van der Waals surface area (Å²) >= 11 is 3.08. The van der Waals surface area contributed by atoms with Crippen molar-refractivity contribution in [3.8, 4) is 0 Å². The Kier molecular flexibility index (Phi) is 5.30. The van der Waals surface area contributed by atoms with Gasteiger partial charge in [0.2, 0.25) is 0 Å². The van der Waals surface area contributed by atoms with Gasteiger partial charge in [0, 0.05) is 4.88 Å². The normalized spacial score (nSPS) is 18.4. The van der Waals surface area contributed by atoms with E-state index in [-0.39, 0.29) is 22.5 Å². The predicted octanol–water partition coefficient (Wildman–Crippen LogP) is 3.47. The maximum Gasteiger partial charge on any atom is 0.315 e. The van der Waals surface area contributed by atoms with Gasteiger partial charge in [0.1, 0.15) is 10.7 Å². The van der Waals surface area contributed by atoms with Crippen molar-refractivity contribution in [1.29, 1.82) is 0 Å². The third-order valence-corrected chi connectivity index (χ3v) is 6.60. The Balaban J connectivity index is 1.85. The van der Waals surface area contributed by atoms with Gasteiger partial charge in [-0.05, 0) is 44.6 Å². The summed E-state index contributed by atoms with van der Waals surface area (Å²) in [6.07, 6.45) is 3.14. The number of esters is 1. The van der Waals surface area contributed by atoms with Crippen molar-refractivity contribution in [3.05, 3.63) is 26.6 Å². The summed E-state index contributed by atoms with van der Waals surface area (Å²) in [5.74, 6) is 1.32. The minimum atomic E-state index is -0.238. The molecule has 2 atom stereocenters. The van der Waals surface area contributed by atoms with Crippen LogP contribution in [0.1, 0.15) is 48.7 Å². The van der Waals surface area contributed by atoms with E-state index in [1.54, 1.807) is 18.3 Å². The molecule has 0 aromatic carbocycles. The molecule has 2 heterocycles. The molecule has 0 spiro atoms. The zero-order chi connectivity index (χ0) is 17.3. The Hall–Kier alpha value is -1.34. The number of rotatable bonds is 5. The van der Waals surface area contributed by atoms with Gasteiger partial charge in [-0.1, -0.05) is 6.92 Å². The molecule has 2 aromatic heterocycles. The number of hydrogen-bond donors (Lipinski definition) is 1. The zero-order valence-corrected chi connectivity index (χ0v) is 15.8. The van der Waals surface area contributed by atoms with E-state index in [9.17, 15) is 9.59 Å². The molecule has 24 heavy (non-hydrogen) atoms. The summed E-state index contributed by atoms with van der Waals surface area (Å²) < 4.78 is 4.94. The van der Waals surface area contributed by atoms with E-state index in [4.69, 9.17) is 4.74 Å². The Morgan fingerprint density at radius 3 is 3.08 bits per heavy atom. The standard InChI is InChI=1S/C17H22N2O3S2/c1-4-22-13(20)8-23-10(3)15-18-16(21)14-11-6-5-9(2)7-12(11)24-17(14)19-15/h9-10H,4-8H2,1-3H3,(H,18,19,21). The minimum absolute atomic E-state index is 0.0503. The molecule has 2 unspecified atom stereocenters. The van der Waals surface area contributed by atoms with Crippen LogP contribution in [0.15, 0.2) is 4.79 Å². The lowest BCUT2D eigenvalue weighted by Gasteiger charge is -2.17. The Morgan fingerprint density at radius 1 is 1.54 bits per heavy atom. The smallest absolute Gasteiger partial charge is 0.315 e. The van der Waals surface area contributed by atoms with Crippen molar-refractivity contribution in [2.45, 2.75) is 45.3 Å². The summed E-state index contributed by atoms with van der Waals surface area (Å²) in [5, 5.41) is 0.706. The molecule has 0 aliphatic heterocycles. The van der Waals surface area contributed by atoms with Crippen molar-refractivity contribution < 1.29 is 9.53 Å². The number of nitrogens with one attached hydrogen (secondary N) is 1. The molecule has 1 aliphatic carbocycles. The summed E-state index contributed by atoms with van der Waals surface area (Å²) in [6.45, 7) is 6.38. The number of H-pyrrole nitrogens is 1. The van der Waals surface area contributed by atoms with Gasteiger partial charge >= 0.3 is 5.97 Å². The van der Waals surface area contributed by atoms with E-state index in [1.165, 1.54) is 22.2 Å². The molecule has 2 aromatic rings.